The Labute approximate surface area is 90.0 Å². The summed E-state index contributed by atoms with van der Waals surface area (Å²) in [6, 6.07) is 0. The van der Waals surface area contributed by atoms with Crippen molar-refractivity contribution < 1.29 is 26.3 Å². The van der Waals surface area contributed by atoms with E-state index in [4.69, 9.17) is 0 Å². The molecule has 0 aromatic heterocycles. The van der Waals surface area contributed by atoms with Crippen molar-refractivity contribution in [2.24, 2.45) is 17.3 Å². The van der Waals surface area contributed by atoms with Gasteiger partial charge in [0, 0.05) is 0 Å². The van der Waals surface area contributed by atoms with Crippen LogP contribution in [0, 0.1) is 17.3 Å². The van der Waals surface area contributed by atoms with Crippen LogP contribution in [0.1, 0.15) is 33.1 Å². The highest BCUT2D eigenvalue weighted by atomic mass is 19.4. The Morgan fingerprint density at radius 3 is 2.00 bits per heavy atom. The normalized spacial score (nSPS) is 32.6. The van der Waals surface area contributed by atoms with Gasteiger partial charge in [-0.2, -0.15) is 26.3 Å². The number of hydrogen-bond donors (Lipinski definition) is 0. The third-order valence-electron chi connectivity index (χ3n) is 3.58. The Morgan fingerprint density at radius 1 is 1.19 bits per heavy atom. The van der Waals surface area contributed by atoms with Crippen LogP contribution in [0.15, 0.2) is 0 Å². The minimum absolute atomic E-state index is 0.208. The van der Waals surface area contributed by atoms with E-state index < -0.39 is 29.6 Å². The lowest BCUT2D eigenvalue weighted by Crippen LogP contribution is -2.40. The van der Waals surface area contributed by atoms with Crippen LogP contribution in [0.25, 0.3) is 0 Å². The average Bonchev–Trinajstić information content (AvgIpc) is 2.77. The Balaban J connectivity index is 2.93. The topological polar surface area (TPSA) is 0 Å². The van der Waals surface area contributed by atoms with Gasteiger partial charge < -0.3 is 0 Å². The summed E-state index contributed by atoms with van der Waals surface area (Å²) in [4.78, 5) is 0. The lowest BCUT2D eigenvalue weighted by Gasteiger charge is -2.29. The van der Waals surface area contributed by atoms with Gasteiger partial charge in [0.15, 0.2) is 0 Å². The molecule has 16 heavy (non-hydrogen) atoms. The van der Waals surface area contributed by atoms with Crippen molar-refractivity contribution in [3.63, 3.8) is 0 Å². The minimum Gasteiger partial charge on any atom is -0.171 e. The molecule has 1 aliphatic rings. The second-order valence-electron chi connectivity index (χ2n) is 4.49. The minimum atomic E-state index is -4.78. The summed E-state index contributed by atoms with van der Waals surface area (Å²) in [7, 11) is 0. The molecule has 0 radical (unpaired) electrons. The van der Waals surface area contributed by atoms with Gasteiger partial charge in [0.1, 0.15) is 0 Å². The van der Waals surface area contributed by atoms with Crippen LogP contribution in [-0.4, -0.2) is 12.4 Å². The maximum atomic E-state index is 12.8. The molecule has 3 unspecified atom stereocenters. The smallest absolute Gasteiger partial charge is 0.171 e. The van der Waals surface area contributed by atoms with E-state index in [-0.39, 0.29) is 12.8 Å². The van der Waals surface area contributed by atoms with Crippen molar-refractivity contribution in [2.45, 2.75) is 45.5 Å². The maximum Gasteiger partial charge on any atom is 0.395 e. The maximum absolute atomic E-state index is 12.8. The summed E-state index contributed by atoms with van der Waals surface area (Å²) in [5, 5.41) is 0. The predicted octanol–water partition coefficient (Wildman–Crippen LogP) is 4.55. The van der Waals surface area contributed by atoms with Crippen molar-refractivity contribution in [2.75, 3.05) is 0 Å². The Kier molecular flexibility index (Phi) is 3.25. The van der Waals surface area contributed by atoms with Crippen LogP contribution < -0.4 is 0 Å². The molecule has 0 bridgehead atoms. The summed E-state index contributed by atoms with van der Waals surface area (Å²) in [5.74, 6) is -3.18. The van der Waals surface area contributed by atoms with E-state index in [2.05, 4.69) is 0 Å². The first-order chi connectivity index (χ1) is 7.07. The first-order valence-corrected chi connectivity index (χ1v) is 5.20. The largest absolute Gasteiger partial charge is 0.395 e. The SMILES string of the molecule is CCCC1CC1(C(C)C(F)(F)F)C(F)(F)F. The van der Waals surface area contributed by atoms with Crippen molar-refractivity contribution >= 4 is 0 Å². The molecule has 96 valence electrons. The highest BCUT2D eigenvalue weighted by Crippen LogP contribution is 2.70. The Morgan fingerprint density at radius 2 is 1.69 bits per heavy atom. The first kappa shape index (κ1) is 13.6. The third-order valence-corrected chi connectivity index (χ3v) is 3.58. The van der Waals surface area contributed by atoms with Gasteiger partial charge in [-0.15, -0.1) is 0 Å². The zero-order chi connectivity index (χ0) is 12.8. The van der Waals surface area contributed by atoms with Crippen LogP contribution in [0.4, 0.5) is 26.3 Å². The van der Waals surface area contributed by atoms with Crippen LogP contribution in [0.5, 0.6) is 0 Å². The highest BCUT2D eigenvalue weighted by molar-refractivity contribution is 5.10. The van der Waals surface area contributed by atoms with Crippen LogP contribution in [0.3, 0.4) is 0 Å². The average molecular weight is 248 g/mol. The molecule has 1 saturated carbocycles. The van der Waals surface area contributed by atoms with Gasteiger partial charge in [-0.05, 0) is 18.8 Å². The van der Waals surface area contributed by atoms with Crippen LogP contribution >= 0.6 is 0 Å². The summed E-state index contributed by atoms with van der Waals surface area (Å²) in [5.41, 5.74) is -2.53. The van der Waals surface area contributed by atoms with Gasteiger partial charge >= 0.3 is 12.4 Å². The van der Waals surface area contributed by atoms with Crippen LogP contribution in [-0.2, 0) is 0 Å². The Bertz CT molecular complexity index is 253. The van der Waals surface area contributed by atoms with Crippen molar-refractivity contribution in [3.8, 4) is 0 Å². The van der Waals surface area contributed by atoms with Crippen molar-refractivity contribution in [1.82, 2.24) is 0 Å². The summed E-state index contributed by atoms with van der Waals surface area (Å²) in [6.45, 7) is 2.32. The molecule has 0 heterocycles. The number of hydrogen-bond acceptors (Lipinski definition) is 0. The van der Waals surface area contributed by atoms with E-state index in [1.807, 2.05) is 0 Å². The van der Waals surface area contributed by atoms with E-state index in [0.29, 0.717) is 13.3 Å². The molecular formula is C10H14F6. The number of halogens is 6. The number of rotatable bonds is 3. The monoisotopic (exact) mass is 248 g/mol. The molecule has 1 fully saturated rings. The lowest BCUT2D eigenvalue weighted by molar-refractivity contribution is -0.266. The molecule has 0 aromatic carbocycles. The van der Waals surface area contributed by atoms with Gasteiger partial charge in [0.05, 0.1) is 11.3 Å². The molecule has 0 aliphatic heterocycles. The van der Waals surface area contributed by atoms with Gasteiger partial charge in [-0.1, -0.05) is 20.3 Å². The molecule has 1 aliphatic carbocycles. The number of alkyl halides is 6. The first-order valence-electron chi connectivity index (χ1n) is 5.20. The summed E-state index contributed by atoms with van der Waals surface area (Å²) in [6.07, 6.45) is -9.24. The predicted molar refractivity (Wildman–Crippen MR) is 46.7 cm³/mol. The van der Waals surface area contributed by atoms with Crippen molar-refractivity contribution in [1.29, 1.82) is 0 Å². The molecule has 3 atom stereocenters. The van der Waals surface area contributed by atoms with E-state index in [0.717, 1.165) is 0 Å². The van der Waals surface area contributed by atoms with E-state index in [9.17, 15) is 26.3 Å². The summed E-state index contributed by atoms with van der Waals surface area (Å²) < 4.78 is 75.5. The van der Waals surface area contributed by atoms with Crippen molar-refractivity contribution in [3.05, 3.63) is 0 Å². The third kappa shape index (κ3) is 2.02. The molecule has 0 spiro atoms. The molecule has 0 nitrogen and oxygen atoms in total. The molecule has 0 saturated heterocycles. The van der Waals surface area contributed by atoms with Gasteiger partial charge in [0.25, 0.3) is 0 Å². The molecule has 0 N–H and O–H groups in total. The second kappa shape index (κ2) is 3.81. The van der Waals surface area contributed by atoms with Gasteiger partial charge in [-0.25, -0.2) is 0 Å². The quantitative estimate of drug-likeness (QED) is 0.642. The Hall–Kier alpha value is -0.420. The fourth-order valence-electron chi connectivity index (χ4n) is 2.47. The van der Waals surface area contributed by atoms with Gasteiger partial charge in [-0.3, -0.25) is 0 Å². The summed E-state index contributed by atoms with van der Waals surface area (Å²) >= 11 is 0. The lowest BCUT2D eigenvalue weighted by atomic mass is 9.86. The van der Waals surface area contributed by atoms with Crippen LogP contribution in [0.2, 0.25) is 0 Å². The zero-order valence-corrected chi connectivity index (χ0v) is 9.04. The van der Waals surface area contributed by atoms with E-state index >= 15 is 0 Å². The highest BCUT2D eigenvalue weighted by Gasteiger charge is 2.76. The zero-order valence-electron chi connectivity index (χ0n) is 9.04. The molecular weight excluding hydrogens is 234 g/mol. The van der Waals surface area contributed by atoms with E-state index in [1.165, 1.54) is 0 Å². The molecule has 0 amide bonds. The molecule has 0 aromatic rings. The fourth-order valence-corrected chi connectivity index (χ4v) is 2.47. The van der Waals surface area contributed by atoms with E-state index in [1.54, 1.807) is 6.92 Å². The molecule has 6 heteroatoms. The molecule has 1 rings (SSSR count). The fraction of sp³-hybridized carbons (Fsp3) is 1.00. The second-order valence-corrected chi connectivity index (χ2v) is 4.49. The van der Waals surface area contributed by atoms with Gasteiger partial charge in [0.2, 0.25) is 0 Å². The standard InChI is InChI=1S/C10H14F6/c1-3-4-7-5-8(7,10(14,15)16)6(2)9(11,12)13/h6-7H,3-5H2,1-2H3.